The van der Waals surface area contributed by atoms with Crippen LogP contribution in [0, 0.1) is 0 Å². The van der Waals surface area contributed by atoms with Gasteiger partial charge in [-0.1, -0.05) is 0 Å². The van der Waals surface area contributed by atoms with Crippen molar-refractivity contribution in [3.05, 3.63) is 11.5 Å². The number of carbonyl (C=O) groups is 1. The fraction of sp³-hybridized carbons (Fsp3) is 0.812. The lowest BCUT2D eigenvalue weighted by atomic mass is 9.89. The molecule has 196 valence electrons. The highest BCUT2D eigenvalue weighted by Gasteiger charge is 2.45. The third-order valence-electron chi connectivity index (χ3n) is 4.78. The molecule has 0 aromatic rings. The van der Waals surface area contributed by atoms with Gasteiger partial charge in [0.1, 0.15) is 73.2 Å². The zero-order valence-electron chi connectivity index (χ0n) is 16.7. The van der Waals surface area contributed by atoms with Gasteiger partial charge in [0.15, 0.2) is 5.76 Å². The average molecular weight is 494 g/mol. The maximum Gasteiger partial charge on any atom is 0.374 e. The van der Waals surface area contributed by atoms with Crippen molar-refractivity contribution in [1.29, 1.82) is 0 Å². The molecule has 0 spiro atoms. The van der Waals surface area contributed by atoms with E-state index >= 15 is 0 Å². The van der Waals surface area contributed by atoms with Gasteiger partial charge in [-0.15, -0.1) is 0 Å². The van der Waals surface area contributed by atoms with Crippen molar-refractivity contribution in [3.63, 3.8) is 0 Å². The first-order chi connectivity index (χ1) is 15.0. The lowest BCUT2D eigenvalue weighted by molar-refractivity contribution is -0.199. The second-order valence-electron chi connectivity index (χ2n) is 7.14. The van der Waals surface area contributed by atoms with E-state index in [4.69, 9.17) is 15.3 Å². The first-order valence-corrected chi connectivity index (χ1v) is 9.15. The zero-order valence-corrected chi connectivity index (χ0v) is 16.7. The standard InChI is InChI=1S/C16H30O17/c17-1-2(18)3(19)4(20)5(21)6(22)7(23)8(24)9(25)10(26)11(27)12(28)13(29)14(30)15(31)16(32)33/h2-13,17-31H,1H2,(H,32,33)/b15-14+. The molecule has 0 aliphatic carbocycles. The molecular weight excluding hydrogens is 464 g/mol. The molecule has 12 unspecified atom stereocenters. The molecular formula is C16H30O17. The molecule has 0 rings (SSSR count). The van der Waals surface area contributed by atoms with Crippen molar-refractivity contribution < 1.29 is 86.5 Å². The van der Waals surface area contributed by atoms with Gasteiger partial charge in [0.25, 0.3) is 0 Å². The van der Waals surface area contributed by atoms with Gasteiger partial charge in [0, 0.05) is 0 Å². The van der Waals surface area contributed by atoms with Crippen molar-refractivity contribution in [2.45, 2.75) is 73.2 Å². The van der Waals surface area contributed by atoms with E-state index in [1.807, 2.05) is 0 Å². The zero-order chi connectivity index (χ0) is 26.4. The summed E-state index contributed by atoms with van der Waals surface area (Å²) in [6.07, 6.45) is -30.4. The Morgan fingerprint density at radius 2 is 0.758 bits per heavy atom. The highest BCUT2D eigenvalue weighted by Crippen LogP contribution is 2.19. The Morgan fingerprint density at radius 3 is 1.03 bits per heavy atom. The van der Waals surface area contributed by atoms with E-state index < -0.39 is 97.3 Å². The summed E-state index contributed by atoms with van der Waals surface area (Å²) in [5, 5.41) is 152. The molecule has 0 bridgehead atoms. The van der Waals surface area contributed by atoms with E-state index in [1.165, 1.54) is 0 Å². The Morgan fingerprint density at radius 1 is 0.485 bits per heavy atom. The SMILES string of the molecule is O=C(O)/C(O)=C(\O)C(O)C(O)C(O)C(O)C(O)C(O)C(O)C(O)C(O)C(O)C(O)C(O)CO. The number of hydrogen-bond donors (Lipinski definition) is 16. The molecule has 0 amide bonds. The minimum atomic E-state index is -2.72. The van der Waals surface area contributed by atoms with E-state index in [0.29, 0.717) is 0 Å². The average Bonchev–Trinajstić information content (AvgIpc) is 2.81. The maximum atomic E-state index is 10.5. The Kier molecular flexibility index (Phi) is 12.6. The molecule has 0 saturated carbocycles. The molecule has 0 aromatic carbocycles. The molecule has 0 aliphatic rings. The van der Waals surface area contributed by atoms with Gasteiger partial charge in [0.2, 0.25) is 5.76 Å². The number of aliphatic hydroxyl groups excluding tert-OH is 15. The summed E-state index contributed by atoms with van der Waals surface area (Å²) in [5.41, 5.74) is 0. The van der Waals surface area contributed by atoms with Gasteiger partial charge >= 0.3 is 5.97 Å². The minimum Gasteiger partial charge on any atom is -0.506 e. The summed E-state index contributed by atoms with van der Waals surface area (Å²) in [6.45, 7) is -1.07. The van der Waals surface area contributed by atoms with Gasteiger partial charge in [0.05, 0.1) is 6.61 Å². The van der Waals surface area contributed by atoms with Crippen molar-refractivity contribution in [1.82, 2.24) is 0 Å². The van der Waals surface area contributed by atoms with Crippen molar-refractivity contribution in [2.75, 3.05) is 6.61 Å². The van der Waals surface area contributed by atoms with Crippen LogP contribution in [0.5, 0.6) is 0 Å². The van der Waals surface area contributed by atoms with Crippen LogP contribution in [-0.2, 0) is 4.79 Å². The van der Waals surface area contributed by atoms with Gasteiger partial charge in [-0.3, -0.25) is 0 Å². The van der Waals surface area contributed by atoms with E-state index in [2.05, 4.69) is 0 Å². The third kappa shape index (κ3) is 7.65. The number of carboxylic acid groups (broad SMARTS) is 1. The van der Waals surface area contributed by atoms with Crippen LogP contribution in [-0.4, -0.2) is 168 Å². The Labute approximate surface area is 184 Å². The topological polar surface area (TPSA) is 341 Å². The molecule has 0 saturated heterocycles. The Balaban J connectivity index is 5.36. The van der Waals surface area contributed by atoms with E-state index in [9.17, 15) is 71.2 Å². The van der Waals surface area contributed by atoms with Crippen LogP contribution in [0.25, 0.3) is 0 Å². The normalized spacial score (nSPS) is 24.2. The van der Waals surface area contributed by atoms with Crippen LogP contribution in [0.15, 0.2) is 11.5 Å². The summed E-state index contributed by atoms with van der Waals surface area (Å²) in [7, 11) is 0. The molecule has 0 aromatic heterocycles. The molecule has 0 aliphatic heterocycles. The second-order valence-corrected chi connectivity index (χ2v) is 7.14. The number of aliphatic carboxylic acids is 1. The smallest absolute Gasteiger partial charge is 0.374 e. The van der Waals surface area contributed by atoms with Gasteiger partial charge in [-0.25, -0.2) is 4.79 Å². The highest BCUT2D eigenvalue weighted by molar-refractivity contribution is 5.84. The number of carboxylic acids is 1. The Bertz CT molecular complexity index is 643. The monoisotopic (exact) mass is 494 g/mol. The molecule has 0 fully saturated rings. The quantitative estimate of drug-likeness (QED) is 0.0786. The molecule has 17 nitrogen and oxygen atoms in total. The van der Waals surface area contributed by atoms with Crippen molar-refractivity contribution in [2.24, 2.45) is 0 Å². The molecule has 0 heterocycles. The molecule has 12 atom stereocenters. The summed E-state index contributed by atoms with van der Waals surface area (Å²) in [5.74, 6) is -5.71. The van der Waals surface area contributed by atoms with E-state index in [1.54, 1.807) is 0 Å². The molecule has 0 radical (unpaired) electrons. The van der Waals surface area contributed by atoms with Crippen molar-refractivity contribution in [3.8, 4) is 0 Å². The van der Waals surface area contributed by atoms with Crippen LogP contribution in [0.3, 0.4) is 0 Å². The lowest BCUT2D eigenvalue weighted by Gasteiger charge is -2.35. The summed E-state index contributed by atoms with van der Waals surface area (Å²) in [4.78, 5) is 10.5. The number of rotatable bonds is 14. The van der Waals surface area contributed by atoms with Crippen LogP contribution < -0.4 is 0 Å². The minimum absolute atomic E-state index is 1.07. The number of aliphatic hydroxyl groups is 15. The van der Waals surface area contributed by atoms with Crippen LogP contribution in [0.1, 0.15) is 0 Å². The Hall–Kier alpha value is -1.71. The maximum absolute atomic E-state index is 10.5. The van der Waals surface area contributed by atoms with Gasteiger partial charge in [-0.05, 0) is 0 Å². The van der Waals surface area contributed by atoms with Gasteiger partial charge < -0.3 is 81.7 Å². The number of hydrogen-bond acceptors (Lipinski definition) is 16. The predicted octanol–water partition coefficient (Wildman–Crippen LogP) is -8.28. The van der Waals surface area contributed by atoms with Crippen LogP contribution in [0.4, 0.5) is 0 Å². The highest BCUT2D eigenvalue weighted by atomic mass is 16.4. The van der Waals surface area contributed by atoms with Gasteiger partial charge in [-0.2, -0.15) is 0 Å². The largest absolute Gasteiger partial charge is 0.506 e. The second kappa shape index (κ2) is 13.2. The summed E-state index contributed by atoms with van der Waals surface area (Å²) < 4.78 is 0. The van der Waals surface area contributed by atoms with E-state index in [0.717, 1.165) is 0 Å². The lowest BCUT2D eigenvalue weighted by Crippen LogP contribution is -2.59. The third-order valence-corrected chi connectivity index (χ3v) is 4.78. The fourth-order valence-corrected chi connectivity index (χ4v) is 2.55. The molecule has 33 heavy (non-hydrogen) atoms. The summed E-state index contributed by atoms with van der Waals surface area (Å²) >= 11 is 0. The van der Waals surface area contributed by atoms with E-state index in [-0.39, 0.29) is 0 Å². The molecule has 16 N–H and O–H groups in total. The first kappa shape index (κ1) is 31.3. The van der Waals surface area contributed by atoms with Crippen molar-refractivity contribution >= 4 is 5.97 Å². The predicted molar refractivity (Wildman–Crippen MR) is 99.1 cm³/mol. The fourth-order valence-electron chi connectivity index (χ4n) is 2.55. The summed E-state index contributed by atoms with van der Waals surface area (Å²) in [6, 6.07) is 0. The van der Waals surface area contributed by atoms with Crippen LogP contribution in [0.2, 0.25) is 0 Å². The molecule has 17 heteroatoms. The first-order valence-electron chi connectivity index (χ1n) is 9.15. The van der Waals surface area contributed by atoms with Crippen LogP contribution >= 0.6 is 0 Å².